The summed E-state index contributed by atoms with van der Waals surface area (Å²) in [4.78, 5) is 0. The zero-order chi connectivity index (χ0) is 12.7. The summed E-state index contributed by atoms with van der Waals surface area (Å²) in [5, 5.41) is 3.56. The van der Waals surface area contributed by atoms with Crippen molar-refractivity contribution in [1.82, 2.24) is 5.32 Å². The molecule has 1 N–H and O–H groups in total. The standard InChI is InChI=1S/C15H25NO/c1-5-12(3)11-16-13(4)14-7-9-15(10-8-14)17-6-2/h7-10,12-13,16H,5-6,11H2,1-4H3. The summed E-state index contributed by atoms with van der Waals surface area (Å²) >= 11 is 0. The minimum atomic E-state index is 0.402. The molecule has 1 rings (SSSR count). The van der Waals surface area contributed by atoms with Gasteiger partial charge in [-0.3, -0.25) is 0 Å². The van der Waals surface area contributed by atoms with E-state index in [2.05, 4.69) is 38.2 Å². The van der Waals surface area contributed by atoms with Crippen molar-refractivity contribution in [3.05, 3.63) is 29.8 Å². The van der Waals surface area contributed by atoms with E-state index >= 15 is 0 Å². The molecule has 2 unspecified atom stereocenters. The van der Waals surface area contributed by atoms with Gasteiger partial charge in [0, 0.05) is 6.04 Å². The van der Waals surface area contributed by atoms with Gasteiger partial charge in [-0.15, -0.1) is 0 Å². The normalized spacial score (nSPS) is 14.4. The van der Waals surface area contributed by atoms with Crippen LogP contribution in [0.25, 0.3) is 0 Å². The first-order valence-corrected chi connectivity index (χ1v) is 6.63. The monoisotopic (exact) mass is 235 g/mol. The van der Waals surface area contributed by atoms with Gasteiger partial charge in [-0.2, -0.15) is 0 Å². The number of nitrogens with one attached hydrogen (secondary N) is 1. The van der Waals surface area contributed by atoms with Crippen LogP contribution < -0.4 is 10.1 Å². The van der Waals surface area contributed by atoms with Crippen LogP contribution in [-0.2, 0) is 0 Å². The molecule has 0 radical (unpaired) electrons. The van der Waals surface area contributed by atoms with E-state index in [1.54, 1.807) is 0 Å². The van der Waals surface area contributed by atoms with E-state index in [4.69, 9.17) is 4.74 Å². The highest BCUT2D eigenvalue weighted by Gasteiger charge is 2.06. The van der Waals surface area contributed by atoms with Gasteiger partial charge < -0.3 is 10.1 Å². The second-order valence-corrected chi connectivity index (χ2v) is 4.65. The first kappa shape index (κ1) is 14.0. The Kier molecular flexibility index (Phi) is 6.06. The lowest BCUT2D eigenvalue weighted by molar-refractivity contribution is 0.340. The average molecular weight is 235 g/mol. The molecule has 1 aromatic carbocycles. The molecular formula is C15H25NO. The summed E-state index contributed by atoms with van der Waals surface area (Å²) in [6.07, 6.45) is 1.23. The first-order chi connectivity index (χ1) is 8.17. The van der Waals surface area contributed by atoms with Crippen molar-refractivity contribution in [3.63, 3.8) is 0 Å². The van der Waals surface area contributed by atoms with E-state index in [9.17, 15) is 0 Å². The van der Waals surface area contributed by atoms with Crippen molar-refractivity contribution in [1.29, 1.82) is 0 Å². The van der Waals surface area contributed by atoms with Crippen molar-refractivity contribution < 1.29 is 4.74 Å². The Labute approximate surface area is 105 Å². The van der Waals surface area contributed by atoms with Crippen LogP contribution >= 0.6 is 0 Å². The molecule has 0 saturated heterocycles. The fraction of sp³-hybridized carbons (Fsp3) is 0.600. The second-order valence-electron chi connectivity index (χ2n) is 4.65. The van der Waals surface area contributed by atoms with Crippen LogP contribution in [-0.4, -0.2) is 13.2 Å². The van der Waals surface area contributed by atoms with Gasteiger partial charge in [0.1, 0.15) is 5.75 Å². The van der Waals surface area contributed by atoms with E-state index in [-0.39, 0.29) is 0 Å². The summed E-state index contributed by atoms with van der Waals surface area (Å²) in [7, 11) is 0. The Morgan fingerprint density at radius 2 is 1.76 bits per heavy atom. The molecule has 2 nitrogen and oxygen atoms in total. The van der Waals surface area contributed by atoms with Crippen molar-refractivity contribution in [2.45, 2.75) is 40.2 Å². The lowest BCUT2D eigenvalue weighted by atomic mass is 10.1. The third-order valence-electron chi connectivity index (χ3n) is 3.16. The molecule has 0 aliphatic rings. The number of ether oxygens (including phenoxy) is 1. The highest BCUT2D eigenvalue weighted by Crippen LogP contribution is 2.17. The van der Waals surface area contributed by atoms with Crippen LogP contribution in [0.1, 0.15) is 45.7 Å². The topological polar surface area (TPSA) is 21.3 Å². The molecular weight excluding hydrogens is 210 g/mol. The van der Waals surface area contributed by atoms with E-state index in [0.717, 1.165) is 24.8 Å². The molecule has 0 heterocycles. The third kappa shape index (κ3) is 4.78. The first-order valence-electron chi connectivity index (χ1n) is 6.63. The van der Waals surface area contributed by atoms with Gasteiger partial charge in [0.25, 0.3) is 0 Å². The van der Waals surface area contributed by atoms with Gasteiger partial charge in [0.15, 0.2) is 0 Å². The van der Waals surface area contributed by atoms with Crippen LogP contribution in [0.5, 0.6) is 5.75 Å². The van der Waals surface area contributed by atoms with Crippen LogP contribution in [0.4, 0.5) is 0 Å². The maximum Gasteiger partial charge on any atom is 0.119 e. The zero-order valence-corrected chi connectivity index (χ0v) is 11.5. The molecule has 0 amide bonds. The lowest BCUT2D eigenvalue weighted by Crippen LogP contribution is -2.24. The number of benzene rings is 1. The quantitative estimate of drug-likeness (QED) is 0.776. The van der Waals surface area contributed by atoms with Crippen LogP contribution in [0.3, 0.4) is 0 Å². The van der Waals surface area contributed by atoms with Crippen molar-refractivity contribution >= 4 is 0 Å². The van der Waals surface area contributed by atoms with Crippen molar-refractivity contribution in [2.75, 3.05) is 13.2 Å². The lowest BCUT2D eigenvalue weighted by Gasteiger charge is -2.17. The fourth-order valence-electron chi connectivity index (χ4n) is 1.66. The molecule has 0 saturated carbocycles. The molecule has 0 spiro atoms. The maximum atomic E-state index is 5.44. The SMILES string of the molecule is CCOc1ccc(C(C)NCC(C)CC)cc1. The largest absolute Gasteiger partial charge is 0.494 e. The van der Waals surface area contributed by atoms with Gasteiger partial charge in [0.05, 0.1) is 6.61 Å². The molecule has 0 fully saturated rings. The third-order valence-corrected chi connectivity index (χ3v) is 3.16. The predicted octanol–water partition coefficient (Wildman–Crippen LogP) is 3.78. The number of hydrogen-bond acceptors (Lipinski definition) is 2. The number of rotatable bonds is 7. The number of hydrogen-bond donors (Lipinski definition) is 1. The predicted molar refractivity (Wildman–Crippen MR) is 73.5 cm³/mol. The minimum absolute atomic E-state index is 0.402. The van der Waals surface area contributed by atoms with E-state index in [1.807, 2.05) is 19.1 Å². The zero-order valence-electron chi connectivity index (χ0n) is 11.5. The Hall–Kier alpha value is -1.02. The van der Waals surface area contributed by atoms with Gasteiger partial charge in [-0.05, 0) is 44.0 Å². The Balaban J connectivity index is 2.48. The molecule has 2 heteroatoms. The van der Waals surface area contributed by atoms with E-state index in [0.29, 0.717) is 6.04 Å². The highest BCUT2D eigenvalue weighted by atomic mass is 16.5. The molecule has 0 aliphatic heterocycles. The van der Waals surface area contributed by atoms with Crippen LogP contribution in [0, 0.1) is 5.92 Å². The van der Waals surface area contributed by atoms with Gasteiger partial charge in [0.2, 0.25) is 0 Å². The van der Waals surface area contributed by atoms with Gasteiger partial charge >= 0.3 is 0 Å². The summed E-state index contributed by atoms with van der Waals surface area (Å²) in [5.74, 6) is 1.69. The molecule has 1 aromatic rings. The highest BCUT2D eigenvalue weighted by molar-refractivity contribution is 5.28. The Morgan fingerprint density at radius 1 is 1.12 bits per heavy atom. The molecule has 0 aromatic heterocycles. The average Bonchev–Trinajstić information content (AvgIpc) is 2.36. The maximum absolute atomic E-state index is 5.44. The Bertz CT molecular complexity index is 307. The van der Waals surface area contributed by atoms with Gasteiger partial charge in [-0.1, -0.05) is 32.4 Å². The fourth-order valence-corrected chi connectivity index (χ4v) is 1.66. The summed E-state index contributed by atoms with van der Waals surface area (Å²) in [6.45, 7) is 10.5. The van der Waals surface area contributed by atoms with Crippen molar-refractivity contribution in [2.24, 2.45) is 5.92 Å². The van der Waals surface area contributed by atoms with E-state index < -0.39 is 0 Å². The van der Waals surface area contributed by atoms with E-state index in [1.165, 1.54) is 12.0 Å². The summed E-state index contributed by atoms with van der Waals surface area (Å²) < 4.78 is 5.44. The molecule has 0 bridgehead atoms. The van der Waals surface area contributed by atoms with Crippen molar-refractivity contribution in [3.8, 4) is 5.75 Å². The second kappa shape index (κ2) is 7.33. The summed E-state index contributed by atoms with van der Waals surface area (Å²) in [6, 6.07) is 8.76. The molecule has 96 valence electrons. The molecule has 2 atom stereocenters. The minimum Gasteiger partial charge on any atom is -0.494 e. The van der Waals surface area contributed by atoms with Crippen LogP contribution in [0.2, 0.25) is 0 Å². The van der Waals surface area contributed by atoms with Crippen LogP contribution in [0.15, 0.2) is 24.3 Å². The smallest absolute Gasteiger partial charge is 0.119 e. The Morgan fingerprint density at radius 3 is 2.29 bits per heavy atom. The molecule has 0 aliphatic carbocycles. The summed E-state index contributed by atoms with van der Waals surface area (Å²) in [5.41, 5.74) is 1.32. The van der Waals surface area contributed by atoms with Gasteiger partial charge in [-0.25, -0.2) is 0 Å². The molecule has 17 heavy (non-hydrogen) atoms.